The van der Waals surface area contributed by atoms with Crippen molar-refractivity contribution in [1.82, 2.24) is 0 Å². The minimum Gasteiger partial charge on any atom is -0.0796 e. The molecule has 0 saturated heterocycles. The molecule has 0 unspecified atom stereocenters. The largest absolute Gasteiger partial charge is 0.0796 e. The van der Waals surface area contributed by atoms with Gasteiger partial charge in [0.25, 0.3) is 0 Å². The van der Waals surface area contributed by atoms with Crippen LogP contribution in [0.4, 0.5) is 0 Å². The van der Waals surface area contributed by atoms with Crippen LogP contribution in [0.2, 0.25) is 0 Å². The molecular formula is C5H9BrS. The van der Waals surface area contributed by atoms with Gasteiger partial charge in [-0.2, -0.15) is 0 Å². The van der Waals surface area contributed by atoms with Crippen LogP contribution < -0.4 is 0 Å². The minimum absolute atomic E-state index is 1.07. The molecule has 7 heavy (non-hydrogen) atoms. The van der Waals surface area contributed by atoms with Crippen LogP contribution in [-0.4, -0.2) is 5.75 Å². The number of hydrogen-bond acceptors (Lipinski definition) is 1. The molecule has 0 rings (SSSR count). The van der Waals surface area contributed by atoms with Crippen LogP contribution >= 0.6 is 25.0 Å². The maximum absolute atomic E-state index is 3.25. The molecule has 0 spiro atoms. The van der Waals surface area contributed by atoms with Crippen LogP contribution in [0.5, 0.6) is 0 Å². The van der Waals surface area contributed by atoms with E-state index in [4.69, 9.17) is 0 Å². The van der Waals surface area contributed by atoms with Gasteiger partial charge in [-0.25, -0.2) is 0 Å². The summed E-state index contributed by atoms with van der Waals surface area (Å²) in [6.07, 6.45) is 2.18. The molecule has 0 amide bonds. The topological polar surface area (TPSA) is 0 Å². The first-order valence-electron chi connectivity index (χ1n) is 2.14. The molecular weight excluding hydrogens is 172 g/mol. The Morgan fingerprint density at radius 2 is 2.29 bits per heavy atom. The zero-order valence-electron chi connectivity index (χ0n) is 4.57. The summed E-state index contributed by atoms with van der Waals surface area (Å²) in [6.45, 7) is 4.20. The molecule has 0 aromatic carbocycles. The van der Waals surface area contributed by atoms with Gasteiger partial charge in [-0.05, 0) is 28.7 Å². The molecule has 0 aliphatic rings. The van der Waals surface area contributed by atoms with Gasteiger partial charge in [-0.15, -0.1) is 0 Å². The molecule has 0 nitrogen and oxygen atoms in total. The van der Waals surface area contributed by atoms with E-state index in [0.717, 1.165) is 5.75 Å². The summed E-state index contributed by atoms with van der Waals surface area (Å²) >= 11 is 3.25. The fourth-order valence-corrected chi connectivity index (χ4v) is 0.991. The average molecular weight is 181 g/mol. The lowest BCUT2D eigenvalue weighted by atomic mass is 10.3. The van der Waals surface area contributed by atoms with E-state index in [1.165, 1.54) is 5.57 Å². The highest BCUT2D eigenvalue weighted by molar-refractivity contribution is 9.50. The maximum Gasteiger partial charge on any atom is 0.0225 e. The predicted octanol–water partition coefficient (Wildman–Crippen LogP) is 3.00. The van der Waals surface area contributed by atoms with Crippen LogP contribution in [0.1, 0.15) is 13.8 Å². The lowest BCUT2D eigenvalue weighted by Gasteiger charge is -1.83. The van der Waals surface area contributed by atoms with Crippen LogP contribution in [-0.2, 0) is 0 Å². The average Bonchev–Trinajstić information content (AvgIpc) is 1.61. The first-order chi connectivity index (χ1) is 3.27. The maximum atomic E-state index is 3.25. The molecule has 0 saturated carbocycles. The summed E-state index contributed by atoms with van der Waals surface area (Å²) < 4.78 is 0. The highest BCUT2D eigenvalue weighted by Crippen LogP contribution is 2.09. The van der Waals surface area contributed by atoms with Crippen molar-refractivity contribution >= 4 is 25.0 Å². The van der Waals surface area contributed by atoms with Crippen molar-refractivity contribution in [3.8, 4) is 0 Å². The van der Waals surface area contributed by atoms with Gasteiger partial charge >= 0.3 is 0 Å². The Morgan fingerprint density at radius 1 is 1.71 bits per heavy atom. The smallest absolute Gasteiger partial charge is 0.0225 e. The molecule has 0 radical (unpaired) electrons. The van der Waals surface area contributed by atoms with Crippen molar-refractivity contribution in [2.45, 2.75) is 13.8 Å². The Morgan fingerprint density at radius 3 is 2.43 bits per heavy atom. The SMILES string of the molecule is CC(C)=CCSBr. The number of hydrogen-bond donors (Lipinski definition) is 0. The van der Waals surface area contributed by atoms with E-state index in [-0.39, 0.29) is 0 Å². The highest BCUT2D eigenvalue weighted by Gasteiger charge is 1.74. The molecule has 0 N–H and O–H groups in total. The van der Waals surface area contributed by atoms with Crippen molar-refractivity contribution in [3.63, 3.8) is 0 Å². The third-order valence-electron chi connectivity index (χ3n) is 0.555. The third kappa shape index (κ3) is 6.57. The van der Waals surface area contributed by atoms with E-state index >= 15 is 0 Å². The minimum atomic E-state index is 1.07. The molecule has 0 atom stereocenters. The summed E-state index contributed by atoms with van der Waals surface area (Å²) in [5.74, 6) is 1.07. The van der Waals surface area contributed by atoms with Gasteiger partial charge in [0, 0.05) is 5.75 Å². The van der Waals surface area contributed by atoms with E-state index < -0.39 is 0 Å². The second-order valence-corrected chi connectivity index (χ2v) is 3.48. The van der Waals surface area contributed by atoms with Crippen LogP contribution in [0.15, 0.2) is 11.6 Å². The van der Waals surface area contributed by atoms with Crippen LogP contribution in [0.25, 0.3) is 0 Å². The fourth-order valence-electron chi connectivity index (χ4n) is 0.198. The Labute approximate surface area is 56.6 Å². The monoisotopic (exact) mass is 180 g/mol. The summed E-state index contributed by atoms with van der Waals surface area (Å²) in [4.78, 5) is 0. The molecule has 2 heteroatoms. The highest BCUT2D eigenvalue weighted by atomic mass is 79.9. The zero-order valence-corrected chi connectivity index (χ0v) is 6.97. The summed E-state index contributed by atoms with van der Waals surface area (Å²) in [6, 6.07) is 0. The van der Waals surface area contributed by atoms with Gasteiger partial charge in [0.1, 0.15) is 0 Å². The van der Waals surface area contributed by atoms with Crippen molar-refractivity contribution in [1.29, 1.82) is 0 Å². The number of rotatable bonds is 2. The molecule has 0 heterocycles. The van der Waals surface area contributed by atoms with Gasteiger partial charge in [0.15, 0.2) is 0 Å². The van der Waals surface area contributed by atoms with E-state index in [9.17, 15) is 0 Å². The van der Waals surface area contributed by atoms with Crippen molar-refractivity contribution in [2.24, 2.45) is 0 Å². The van der Waals surface area contributed by atoms with Gasteiger partial charge < -0.3 is 0 Å². The van der Waals surface area contributed by atoms with Crippen LogP contribution in [0.3, 0.4) is 0 Å². The van der Waals surface area contributed by atoms with Crippen molar-refractivity contribution in [3.05, 3.63) is 11.6 Å². The zero-order chi connectivity index (χ0) is 5.70. The van der Waals surface area contributed by atoms with E-state index in [2.05, 4.69) is 34.7 Å². The Hall–Kier alpha value is 0.570. The Bertz CT molecular complexity index is 64.5. The summed E-state index contributed by atoms with van der Waals surface area (Å²) in [5, 5.41) is 0. The van der Waals surface area contributed by atoms with Gasteiger partial charge in [0.2, 0.25) is 0 Å². The normalized spacial score (nSPS) is 8.43. The number of halogens is 1. The Kier molecular flexibility index (Phi) is 5.11. The second-order valence-electron chi connectivity index (χ2n) is 1.56. The Balaban J connectivity index is 3.08. The van der Waals surface area contributed by atoms with Gasteiger partial charge in [0.05, 0.1) is 0 Å². The van der Waals surface area contributed by atoms with Gasteiger partial charge in [-0.1, -0.05) is 21.8 Å². The van der Waals surface area contributed by atoms with Crippen LogP contribution in [0, 0.1) is 0 Å². The fraction of sp³-hybridized carbons (Fsp3) is 0.600. The lowest BCUT2D eigenvalue weighted by Crippen LogP contribution is -1.65. The van der Waals surface area contributed by atoms with E-state index in [0.29, 0.717) is 0 Å². The van der Waals surface area contributed by atoms with Crippen molar-refractivity contribution in [2.75, 3.05) is 5.75 Å². The first-order valence-corrected chi connectivity index (χ1v) is 4.97. The predicted molar refractivity (Wildman–Crippen MR) is 40.8 cm³/mol. The van der Waals surface area contributed by atoms with Gasteiger partial charge in [-0.3, -0.25) is 0 Å². The first kappa shape index (κ1) is 7.57. The molecule has 0 aromatic rings. The standard InChI is InChI=1S/C5H9BrS/c1-5(2)3-4-7-6/h3H,4H2,1-2H3. The molecule has 42 valence electrons. The molecule has 0 aromatic heterocycles. The van der Waals surface area contributed by atoms with E-state index in [1.54, 1.807) is 10.2 Å². The molecule has 0 fully saturated rings. The molecule has 0 bridgehead atoms. The third-order valence-corrected chi connectivity index (χ3v) is 1.64. The number of allylic oxidation sites excluding steroid dienone is 1. The van der Waals surface area contributed by atoms with Crippen molar-refractivity contribution < 1.29 is 0 Å². The molecule has 0 aliphatic carbocycles. The molecule has 0 aliphatic heterocycles. The quantitative estimate of drug-likeness (QED) is 0.590. The summed E-state index contributed by atoms with van der Waals surface area (Å²) in [5.41, 5.74) is 1.38. The second kappa shape index (κ2) is 4.72. The van der Waals surface area contributed by atoms with E-state index in [1.807, 2.05) is 0 Å². The summed E-state index contributed by atoms with van der Waals surface area (Å²) in [7, 11) is 1.67. The lowest BCUT2D eigenvalue weighted by molar-refractivity contribution is 1.37.